The van der Waals surface area contributed by atoms with E-state index in [1.165, 1.54) is 0 Å². The molecule has 3 nitrogen and oxygen atoms in total. The van der Waals surface area contributed by atoms with Crippen molar-refractivity contribution >= 4 is 0 Å². The summed E-state index contributed by atoms with van der Waals surface area (Å²) < 4.78 is 5.02. The van der Waals surface area contributed by atoms with Gasteiger partial charge in [-0.2, -0.15) is 0 Å². The van der Waals surface area contributed by atoms with Gasteiger partial charge in [0.1, 0.15) is 0 Å². The molecule has 0 radical (unpaired) electrons. The highest BCUT2D eigenvalue weighted by molar-refractivity contribution is 5.04. The van der Waals surface area contributed by atoms with E-state index in [4.69, 9.17) is 10.9 Å². The zero-order valence-corrected chi connectivity index (χ0v) is 8.00. The summed E-state index contributed by atoms with van der Waals surface area (Å²) in [5.74, 6) is 3.48. The lowest BCUT2D eigenvalue weighted by Crippen LogP contribution is -2.25. The van der Waals surface area contributed by atoms with Crippen molar-refractivity contribution in [1.29, 1.82) is 0 Å². The molecular weight excluding hydrogens is 164 g/mol. The summed E-state index contributed by atoms with van der Waals surface area (Å²) in [5, 5.41) is 6.96. The highest BCUT2D eigenvalue weighted by Gasteiger charge is 2.03. The lowest BCUT2D eigenvalue weighted by molar-refractivity contribution is 0.365. The van der Waals surface area contributed by atoms with E-state index in [0.717, 1.165) is 17.9 Å². The molecule has 0 saturated carbocycles. The molecule has 1 aromatic heterocycles. The van der Waals surface area contributed by atoms with E-state index >= 15 is 0 Å². The fraction of sp³-hybridized carbons (Fsp3) is 0.500. The molecule has 0 aliphatic rings. The predicted molar refractivity (Wildman–Crippen MR) is 51.0 cm³/mol. The molecule has 0 aliphatic heterocycles. The van der Waals surface area contributed by atoms with E-state index in [2.05, 4.69) is 16.4 Å². The topological polar surface area (TPSA) is 38.1 Å². The molecule has 1 heterocycles. The molecule has 1 rings (SSSR count). The number of aromatic nitrogens is 1. The van der Waals surface area contributed by atoms with Crippen LogP contribution in [0.25, 0.3) is 0 Å². The van der Waals surface area contributed by atoms with Gasteiger partial charge >= 0.3 is 0 Å². The minimum atomic E-state index is 0.116. The fourth-order valence-electron chi connectivity index (χ4n) is 1.04. The van der Waals surface area contributed by atoms with Crippen molar-refractivity contribution in [3.05, 3.63) is 17.5 Å². The SMILES string of the molecule is C#CC(CC)NCc1cc(C)no1. The summed E-state index contributed by atoms with van der Waals surface area (Å²) in [6, 6.07) is 2.02. The van der Waals surface area contributed by atoms with Crippen LogP contribution in [-0.2, 0) is 6.54 Å². The number of aryl methyl sites for hydroxylation is 1. The molecule has 1 unspecified atom stereocenters. The summed E-state index contributed by atoms with van der Waals surface area (Å²) >= 11 is 0. The van der Waals surface area contributed by atoms with Crippen molar-refractivity contribution in [3.8, 4) is 12.3 Å². The van der Waals surface area contributed by atoms with Crippen molar-refractivity contribution in [2.45, 2.75) is 32.9 Å². The summed E-state index contributed by atoms with van der Waals surface area (Å²) in [4.78, 5) is 0. The van der Waals surface area contributed by atoms with Gasteiger partial charge in [0.25, 0.3) is 0 Å². The van der Waals surface area contributed by atoms with Crippen molar-refractivity contribution in [2.75, 3.05) is 0 Å². The Kier molecular flexibility index (Phi) is 3.53. The van der Waals surface area contributed by atoms with Gasteiger partial charge in [-0.1, -0.05) is 18.0 Å². The van der Waals surface area contributed by atoms with E-state index in [1.54, 1.807) is 0 Å². The highest BCUT2D eigenvalue weighted by Crippen LogP contribution is 2.02. The molecule has 1 aromatic rings. The van der Waals surface area contributed by atoms with E-state index in [1.807, 2.05) is 19.9 Å². The van der Waals surface area contributed by atoms with Crippen LogP contribution in [0.4, 0.5) is 0 Å². The molecule has 0 aromatic carbocycles. The van der Waals surface area contributed by atoms with Gasteiger partial charge in [-0.05, 0) is 13.3 Å². The standard InChI is InChI=1S/C10H14N2O/c1-4-9(5-2)11-7-10-6-8(3)12-13-10/h1,6,9,11H,5,7H2,2-3H3. The second-order valence-corrected chi connectivity index (χ2v) is 2.94. The van der Waals surface area contributed by atoms with Gasteiger partial charge in [-0.25, -0.2) is 0 Å². The largest absolute Gasteiger partial charge is 0.360 e. The minimum absolute atomic E-state index is 0.116. The first-order chi connectivity index (χ1) is 6.26. The van der Waals surface area contributed by atoms with Crippen LogP contribution in [0, 0.1) is 19.3 Å². The average molecular weight is 178 g/mol. The zero-order chi connectivity index (χ0) is 9.68. The predicted octanol–water partition coefficient (Wildman–Crippen LogP) is 1.48. The number of nitrogens with zero attached hydrogens (tertiary/aromatic N) is 1. The molecule has 1 atom stereocenters. The molecule has 0 saturated heterocycles. The summed E-state index contributed by atoms with van der Waals surface area (Å²) in [6.45, 7) is 4.58. The summed E-state index contributed by atoms with van der Waals surface area (Å²) in [6.07, 6.45) is 6.21. The van der Waals surface area contributed by atoms with Crippen LogP contribution in [0.1, 0.15) is 24.8 Å². The molecule has 70 valence electrons. The monoisotopic (exact) mass is 178 g/mol. The average Bonchev–Trinajstić information content (AvgIpc) is 2.53. The molecule has 0 aliphatic carbocycles. The van der Waals surface area contributed by atoms with E-state index < -0.39 is 0 Å². The van der Waals surface area contributed by atoms with Crippen molar-refractivity contribution in [3.63, 3.8) is 0 Å². The van der Waals surface area contributed by atoms with Crippen LogP contribution in [0.5, 0.6) is 0 Å². The molecular formula is C10H14N2O. The summed E-state index contributed by atoms with van der Waals surface area (Å²) in [5.41, 5.74) is 0.894. The molecule has 3 heteroatoms. The first kappa shape index (κ1) is 9.82. The summed E-state index contributed by atoms with van der Waals surface area (Å²) in [7, 11) is 0. The Balaban J connectivity index is 2.39. The van der Waals surface area contributed by atoms with Gasteiger partial charge in [0.15, 0.2) is 5.76 Å². The highest BCUT2D eigenvalue weighted by atomic mass is 16.5. The van der Waals surface area contributed by atoms with Crippen LogP contribution in [0.2, 0.25) is 0 Å². The minimum Gasteiger partial charge on any atom is -0.360 e. The maximum atomic E-state index is 5.29. The van der Waals surface area contributed by atoms with Crippen LogP contribution >= 0.6 is 0 Å². The van der Waals surface area contributed by atoms with Crippen LogP contribution in [0.15, 0.2) is 10.6 Å². The molecule has 0 bridgehead atoms. The number of rotatable bonds is 4. The van der Waals surface area contributed by atoms with Crippen molar-refractivity contribution in [1.82, 2.24) is 10.5 Å². The molecule has 0 fully saturated rings. The van der Waals surface area contributed by atoms with Crippen LogP contribution in [-0.4, -0.2) is 11.2 Å². The van der Waals surface area contributed by atoms with E-state index in [9.17, 15) is 0 Å². The van der Waals surface area contributed by atoms with Gasteiger partial charge in [0, 0.05) is 6.07 Å². The number of nitrogens with one attached hydrogen (secondary N) is 1. The maximum Gasteiger partial charge on any atom is 0.150 e. The molecule has 1 N–H and O–H groups in total. The lowest BCUT2D eigenvalue weighted by Gasteiger charge is -2.07. The Morgan fingerprint density at radius 2 is 2.54 bits per heavy atom. The third-order valence-corrected chi connectivity index (χ3v) is 1.81. The maximum absolute atomic E-state index is 5.29. The Labute approximate surface area is 78.5 Å². The van der Waals surface area contributed by atoms with Gasteiger partial charge in [-0.3, -0.25) is 5.32 Å². The second-order valence-electron chi connectivity index (χ2n) is 2.94. The van der Waals surface area contributed by atoms with Gasteiger partial charge in [0.2, 0.25) is 0 Å². The lowest BCUT2D eigenvalue weighted by atomic mass is 10.2. The van der Waals surface area contributed by atoms with Crippen molar-refractivity contribution in [2.24, 2.45) is 0 Å². The van der Waals surface area contributed by atoms with Gasteiger partial charge < -0.3 is 4.52 Å². The normalized spacial score (nSPS) is 12.4. The molecule has 13 heavy (non-hydrogen) atoms. The Morgan fingerprint density at radius 1 is 1.77 bits per heavy atom. The van der Waals surface area contributed by atoms with Crippen molar-refractivity contribution < 1.29 is 4.52 Å². The first-order valence-electron chi connectivity index (χ1n) is 4.38. The number of hydrogen-bond acceptors (Lipinski definition) is 3. The van der Waals surface area contributed by atoms with Crippen LogP contribution in [0.3, 0.4) is 0 Å². The Hall–Kier alpha value is -1.27. The van der Waals surface area contributed by atoms with Crippen LogP contribution < -0.4 is 5.32 Å². The molecule has 0 amide bonds. The smallest absolute Gasteiger partial charge is 0.150 e. The fourth-order valence-corrected chi connectivity index (χ4v) is 1.04. The zero-order valence-electron chi connectivity index (χ0n) is 8.00. The van der Waals surface area contributed by atoms with E-state index in [-0.39, 0.29) is 6.04 Å². The number of terminal acetylenes is 1. The second kappa shape index (κ2) is 4.68. The Morgan fingerprint density at radius 3 is 3.00 bits per heavy atom. The molecule has 0 spiro atoms. The third kappa shape index (κ3) is 2.92. The van der Waals surface area contributed by atoms with Gasteiger partial charge in [-0.15, -0.1) is 6.42 Å². The number of hydrogen-bond donors (Lipinski definition) is 1. The first-order valence-corrected chi connectivity index (χ1v) is 4.38. The Bertz CT molecular complexity index is 298. The quantitative estimate of drug-likeness (QED) is 0.710. The third-order valence-electron chi connectivity index (χ3n) is 1.81. The van der Waals surface area contributed by atoms with E-state index in [0.29, 0.717) is 6.54 Å². The van der Waals surface area contributed by atoms with Gasteiger partial charge in [0.05, 0.1) is 18.3 Å².